The number of nitrogens with zero attached hydrogens (tertiary/aromatic N) is 4. The van der Waals surface area contributed by atoms with Gasteiger partial charge in [0.05, 0.1) is 10.4 Å². The molecule has 0 saturated carbocycles. The quantitative estimate of drug-likeness (QED) is 0.589. The number of benzene rings is 1. The van der Waals surface area contributed by atoms with Crippen molar-refractivity contribution in [1.29, 1.82) is 0 Å². The Morgan fingerprint density at radius 2 is 1.97 bits per heavy atom. The van der Waals surface area contributed by atoms with Crippen LogP contribution in [0.25, 0.3) is 10.7 Å². The van der Waals surface area contributed by atoms with Crippen molar-refractivity contribution in [3.05, 3.63) is 58.5 Å². The lowest BCUT2D eigenvalue weighted by molar-refractivity contribution is 0.0595. The molecule has 1 aliphatic rings. The number of rotatable bonds is 4. The Morgan fingerprint density at radius 1 is 1.21 bits per heavy atom. The molecule has 1 amide bonds. The van der Waals surface area contributed by atoms with Gasteiger partial charge in [-0.05, 0) is 37.6 Å². The predicted octanol–water partition coefficient (Wildman–Crippen LogP) is 3.03. The van der Waals surface area contributed by atoms with Crippen molar-refractivity contribution in [2.75, 3.05) is 6.26 Å². The zero-order valence-electron chi connectivity index (χ0n) is 15.9. The first-order valence-corrected chi connectivity index (χ1v) is 11.4. The van der Waals surface area contributed by atoms with E-state index in [-0.39, 0.29) is 23.4 Å². The first-order chi connectivity index (χ1) is 13.6. The Kier molecular flexibility index (Phi) is 4.50. The second-order valence-corrected chi connectivity index (χ2v) is 10.2. The molecule has 0 aliphatic carbocycles. The molecule has 0 N–H and O–H groups in total. The van der Waals surface area contributed by atoms with Crippen LogP contribution in [0, 0.1) is 5.82 Å². The Labute approximate surface area is 171 Å². The normalized spacial score (nSPS) is 15.6. The summed E-state index contributed by atoms with van der Waals surface area (Å²) in [4.78, 5) is 27.7. The van der Waals surface area contributed by atoms with E-state index in [1.165, 1.54) is 29.7 Å². The van der Waals surface area contributed by atoms with E-state index in [4.69, 9.17) is 0 Å². The van der Waals surface area contributed by atoms with Crippen molar-refractivity contribution < 1.29 is 17.6 Å². The van der Waals surface area contributed by atoms with Crippen LogP contribution in [-0.2, 0) is 21.9 Å². The SMILES string of the molecule is CC1(C)c2sc(-c3ccnc(S(C)(=O)=O)n3)nc2C(=O)N1Cc1cccc(F)c1. The molecule has 0 bridgehead atoms. The van der Waals surface area contributed by atoms with Crippen molar-refractivity contribution in [3.8, 4) is 10.7 Å². The smallest absolute Gasteiger partial charge is 0.274 e. The van der Waals surface area contributed by atoms with Crippen molar-refractivity contribution in [2.45, 2.75) is 31.1 Å². The van der Waals surface area contributed by atoms with Crippen molar-refractivity contribution >= 4 is 27.1 Å². The highest BCUT2D eigenvalue weighted by molar-refractivity contribution is 7.90. The van der Waals surface area contributed by atoms with Crippen LogP contribution in [-0.4, -0.2) is 40.4 Å². The highest BCUT2D eigenvalue weighted by Gasteiger charge is 2.46. The molecule has 3 aromatic rings. The number of carbonyl (C=O) groups is 1. The molecule has 150 valence electrons. The van der Waals surface area contributed by atoms with Gasteiger partial charge in [-0.1, -0.05) is 12.1 Å². The van der Waals surface area contributed by atoms with E-state index < -0.39 is 15.4 Å². The number of fused-ring (bicyclic) bond motifs is 1. The third-order valence-corrected chi connectivity index (χ3v) is 6.97. The van der Waals surface area contributed by atoms with Gasteiger partial charge in [-0.15, -0.1) is 11.3 Å². The fourth-order valence-corrected chi connectivity index (χ4v) is 4.87. The number of thiazole rings is 1. The van der Waals surface area contributed by atoms with E-state index in [1.807, 2.05) is 13.8 Å². The second kappa shape index (κ2) is 6.67. The minimum absolute atomic E-state index is 0.255. The van der Waals surface area contributed by atoms with Gasteiger partial charge in [0, 0.05) is 19.0 Å². The van der Waals surface area contributed by atoms with Gasteiger partial charge in [-0.2, -0.15) is 0 Å². The Bertz CT molecular complexity index is 1240. The molecule has 1 aromatic carbocycles. The summed E-state index contributed by atoms with van der Waals surface area (Å²) in [6.07, 6.45) is 2.39. The average molecular weight is 433 g/mol. The molecular weight excluding hydrogens is 415 g/mol. The van der Waals surface area contributed by atoms with Crippen LogP contribution in [0.2, 0.25) is 0 Å². The van der Waals surface area contributed by atoms with Crippen LogP contribution in [0.15, 0.2) is 41.7 Å². The average Bonchev–Trinajstić information content (AvgIpc) is 3.17. The monoisotopic (exact) mass is 432 g/mol. The summed E-state index contributed by atoms with van der Waals surface area (Å²) in [6.45, 7) is 4.06. The molecule has 10 heteroatoms. The minimum Gasteiger partial charge on any atom is -0.323 e. The molecule has 0 atom stereocenters. The van der Waals surface area contributed by atoms with Gasteiger partial charge in [0.1, 0.15) is 22.2 Å². The molecule has 0 unspecified atom stereocenters. The highest BCUT2D eigenvalue weighted by Crippen LogP contribution is 2.44. The third kappa shape index (κ3) is 3.42. The van der Waals surface area contributed by atoms with E-state index in [1.54, 1.807) is 23.1 Å². The highest BCUT2D eigenvalue weighted by atomic mass is 32.2. The van der Waals surface area contributed by atoms with Gasteiger partial charge in [0.15, 0.2) is 0 Å². The summed E-state index contributed by atoms with van der Waals surface area (Å²) in [5.41, 5.74) is 0.697. The van der Waals surface area contributed by atoms with Crippen LogP contribution < -0.4 is 0 Å². The van der Waals surface area contributed by atoms with Gasteiger partial charge in [0.25, 0.3) is 5.91 Å². The van der Waals surface area contributed by atoms with Crippen LogP contribution in [0.3, 0.4) is 0 Å². The molecule has 29 heavy (non-hydrogen) atoms. The maximum atomic E-state index is 13.5. The number of hydrogen-bond donors (Lipinski definition) is 0. The fourth-order valence-electron chi connectivity index (χ4n) is 3.22. The summed E-state index contributed by atoms with van der Waals surface area (Å²) < 4.78 is 37.0. The number of hydrogen-bond acceptors (Lipinski definition) is 7. The first kappa shape index (κ1) is 19.6. The maximum absolute atomic E-state index is 13.5. The van der Waals surface area contributed by atoms with Crippen molar-refractivity contribution in [3.63, 3.8) is 0 Å². The molecule has 1 aliphatic heterocycles. The molecular formula is C19H17FN4O3S2. The number of halogens is 1. The molecule has 0 fully saturated rings. The second-order valence-electron chi connectivity index (χ2n) is 7.27. The largest absolute Gasteiger partial charge is 0.323 e. The molecule has 0 saturated heterocycles. The summed E-state index contributed by atoms with van der Waals surface area (Å²) >= 11 is 1.29. The number of sulfone groups is 1. The lowest BCUT2D eigenvalue weighted by atomic mass is 10.0. The fraction of sp³-hybridized carbons (Fsp3) is 0.263. The minimum atomic E-state index is -3.56. The standard InChI is InChI=1S/C19H17FN4O3S2/c1-19(2)15-14(17(25)24(19)10-11-5-4-6-12(20)9-11)23-16(28-15)13-7-8-21-18(22-13)29(3,26)27/h4-9H,10H2,1-3H3. The maximum Gasteiger partial charge on any atom is 0.274 e. The summed E-state index contributed by atoms with van der Waals surface area (Å²) in [6, 6.07) is 7.70. The Morgan fingerprint density at radius 3 is 2.62 bits per heavy atom. The molecule has 4 rings (SSSR count). The summed E-state index contributed by atoms with van der Waals surface area (Å²) in [5, 5.41) is 0.165. The van der Waals surface area contributed by atoms with E-state index in [0.717, 1.165) is 11.1 Å². The Hall–Kier alpha value is -2.72. The van der Waals surface area contributed by atoms with Gasteiger partial charge in [-0.25, -0.2) is 27.8 Å². The molecule has 3 heterocycles. The number of aromatic nitrogens is 3. The molecule has 2 aromatic heterocycles. The first-order valence-electron chi connectivity index (χ1n) is 8.68. The van der Waals surface area contributed by atoms with E-state index in [9.17, 15) is 17.6 Å². The van der Waals surface area contributed by atoms with E-state index in [2.05, 4.69) is 15.0 Å². The molecule has 7 nitrogen and oxygen atoms in total. The van der Waals surface area contributed by atoms with Crippen LogP contribution >= 0.6 is 11.3 Å². The predicted molar refractivity (Wildman–Crippen MR) is 106 cm³/mol. The Balaban J connectivity index is 1.70. The zero-order valence-corrected chi connectivity index (χ0v) is 17.5. The van der Waals surface area contributed by atoms with Gasteiger partial charge >= 0.3 is 0 Å². The van der Waals surface area contributed by atoms with Gasteiger partial charge < -0.3 is 4.90 Å². The van der Waals surface area contributed by atoms with Crippen LogP contribution in [0.1, 0.15) is 34.8 Å². The topological polar surface area (TPSA) is 93.1 Å². The third-order valence-electron chi connectivity index (χ3n) is 4.72. The van der Waals surface area contributed by atoms with Crippen LogP contribution in [0.4, 0.5) is 4.39 Å². The van der Waals surface area contributed by atoms with E-state index in [0.29, 0.717) is 22.0 Å². The number of carbonyl (C=O) groups excluding carboxylic acids is 1. The van der Waals surface area contributed by atoms with Gasteiger partial charge in [-0.3, -0.25) is 4.79 Å². The zero-order chi connectivity index (χ0) is 21.0. The van der Waals surface area contributed by atoms with Crippen molar-refractivity contribution in [2.24, 2.45) is 0 Å². The molecule has 0 radical (unpaired) electrons. The summed E-state index contributed by atoms with van der Waals surface area (Å²) in [7, 11) is -3.56. The van der Waals surface area contributed by atoms with Crippen molar-refractivity contribution in [1.82, 2.24) is 19.9 Å². The number of amides is 1. The molecule has 0 spiro atoms. The summed E-state index contributed by atoms with van der Waals surface area (Å²) in [5.74, 6) is -0.610. The van der Waals surface area contributed by atoms with E-state index >= 15 is 0 Å². The lowest BCUT2D eigenvalue weighted by Crippen LogP contribution is -2.38. The lowest BCUT2D eigenvalue weighted by Gasteiger charge is -2.32. The van der Waals surface area contributed by atoms with Crippen LogP contribution in [0.5, 0.6) is 0 Å². The van der Waals surface area contributed by atoms with Gasteiger partial charge in [0.2, 0.25) is 15.0 Å².